The van der Waals surface area contributed by atoms with Gasteiger partial charge in [-0.2, -0.15) is 0 Å². The largest absolute Gasteiger partial charge is 0.0720 e. The summed E-state index contributed by atoms with van der Waals surface area (Å²) in [4.78, 5) is 0. The van der Waals surface area contributed by atoms with Crippen LogP contribution in [0.1, 0.15) is 124 Å². The van der Waals surface area contributed by atoms with Gasteiger partial charge in [0.1, 0.15) is 0 Å². The molecule has 2 aromatic carbocycles. The molecule has 0 radical (unpaired) electrons. The van der Waals surface area contributed by atoms with Crippen LogP contribution >= 0.6 is 0 Å². The van der Waals surface area contributed by atoms with Crippen molar-refractivity contribution in [3.05, 3.63) is 82.9 Å². The molecule has 0 aliphatic heterocycles. The first-order valence-electron chi connectivity index (χ1n) is 15.8. The number of fused-ring (bicyclic) bond motifs is 6. The van der Waals surface area contributed by atoms with E-state index in [0.717, 1.165) is 11.8 Å². The highest BCUT2D eigenvalue weighted by Crippen LogP contribution is 2.70. The van der Waals surface area contributed by atoms with E-state index in [1.807, 2.05) is 0 Å². The van der Waals surface area contributed by atoms with Gasteiger partial charge < -0.3 is 0 Å². The quantitative estimate of drug-likeness (QED) is 0.403. The van der Waals surface area contributed by atoms with E-state index in [1.54, 1.807) is 33.4 Å². The molecule has 9 rings (SSSR count). The summed E-state index contributed by atoms with van der Waals surface area (Å²) in [5, 5.41) is 0. The minimum Gasteiger partial charge on any atom is -0.0720 e. The second-order valence-electron chi connectivity index (χ2n) is 14.6. The van der Waals surface area contributed by atoms with Gasteiger partial charge in [0.05, 0.1) is 0 Å². The van der Waals surface area contributed by atoms with E-state index in [9.17, 15) is 0 Å². The molecule has 0 amide bonds. The Morgan fingerprint density at radius 3 is 1.35 bits per heavy atom. The van der Waals surface area contributed by atoms with Crippen LogP contribution in [-0.2, 0) is 0 Å². The van der Waals surface area contributed by atoms with Crippen LogP contribution in [0.3, 0.4) is 0 Å². The Morgan fingerprint density at radius 2 is 0.946 bits per heavy atom. The van der Waals surface area contributed by atoms with E-state index >= 15 is 0 Å². The van der Waals surface area contributed by atoms with Gasteiger partial charge >= 0.3 is 0 Å². The SMILES string of the molecule is C1=C(C23CCC(CC2)C3)c2ccccc2C1C1(C2C=C(C34CCC(CC3)C4)c3ccccc32)CCCC1. The van der Waals surface area contributed by atoms with Crippen LogP contribution < -0.4 is 0 Å². The summed E-state index contributed by atoms with van der Waals surface area (Å²) in [5.41, 5.74) is 11.5. The first kappa shape index (κ1) is 21.8. The molecule has 0 N–H and O–H groups in total. The molecular weight excluding hydrogens is 444 g/mol. The Hall–Kier alpha value is -2.08. The zero-order valence-corrected chi connectivity index (χ0v) is 22.5. The summed E-state index contributed by atoms with van der Waals surface area (Å²) in [6, 6.07) is 19.4. The van der Waals surface area contributed by atoms with Crippen molar-refractivity contribution in [3.8, 4) is 0 Å². The number of allylic oxidation sites excluding steroid dienone is 4. The van der Waals surface area contributed by atoms with Crippen molar-refractivity contribution in [2.45, 2.75) is 102 Å². The molecule has 37 heavy (non-hydrogen) atoms. The lowest BCUT2D eigenvalue weighted by Gasteiger charge is -2.41. The first-order chi connectivity index (χ1) is 18.2. The Labute approximate surface area is 223 Å². The highest BCUT2D eigenvalue weighted by atomic mass is 14.6. The average molecular weight is 487 g/mol. The second-order valence-corrected chi connectivity index (χ2v) is 14.6. The molecule has 7 aliphatic rings. The minimum atomic E-state index is 0.343. The van der Waals surface area contributed by atoms with Crippen molar-refractivity contribution >= 4 is 11.1 Å². The topological polar surface area (TPSA) is 0 Å². The fourth-order valence-electron chi connectivity index (χ4n) is 11.6. The molecule has 0 spiro atoms. The molecule has 190 valence electrons. The van der Waals surface area contributed by atoms with Crippen molar-refractivity contribution in [3.63, 3.8) is 0 Å². The maximum atomic E-state index is 2.89. The minimum absolute atomic E-state index is 0.343. The van der Waals surface area contributed by atoms with Crippen LogP contribution in [0.5, 0.6) is 0 Å². The van der Waals surface area contributed by atoms with Crippen LogP contribution in [0.2, 0.25) is 0 Å². The number of rotatable bonds is 4. The molecule has 2 atom stereocenters. The second kappa shape index (κ2) is 7.52. The lowest BCUT2D eigenvalue weighted by molar-refractivity contribution is 0.232. The van der Waals surface area contributed by atoms with Gasteiger partial charge in [-0.15, -0.1) is 0 Å². The molecule has 0 heterocycles. The van der Waals surface area contributed by atoms with Crippen molar-refractivity contribution in [1.82, 2.24) is 0 Å². The van der Waals surface area contributed by atoms with Crippen LogP contribution in [0.15, 0.2) is 60.7 Å². The third-order valence-electron chi connectivity index (χ3n) is 13.2. The Kier molecular flexibility index (Phi) is 4.43. The number of benzene rings is 2. The van der Waals surface area contributed by atoms with Crippen LogP contribution in [0.25, 0.3) is 11.1 Å². The molecule has 0 nitrogen and oxygen atoms in total. The van der Waals surface area contributed by atoms with Gasteiger partial charge in [-0.05, 0) is 139 Å². The van der Waals surface area contributed by atoms with Gasteiger partial charge in [-0.3, -0.25) is 0 Å². The molecule has 0 heteroatoms. The average Bonchev–Trinajstić information content (AvgIpc) is 3.79. The molecule has 0 saturated heterocycles. The van der Waals surface area contributed by atoms with Gasteiger partial charge in [-0.25, -0.2) is 0 Å². The summed E-state index contributed by atoms with van der Waals surface area (Å²) in [7, 11) is 0. The third-order valence-corrected chi connectivity index (χ3v) is 13.2. The van der Waals surface area contributed by atoms with Gasteiger partial charge in [0.15, 0.2) is 0 Å². The van der Waals surface area contributed by atoms with Crippen LogP contribution in [0.4, 0.5) is 0 Å². The van der Waals surface area contributed by atoms with Gasteiger partial charge in [0.25, 0.3) is 0 Å². The molecule has 0 aromatic heterocycles. The van der Waals surface area contributed by atoms with Gasteiger partial charge in [0.2, 0.25) is 0 Å². The van der Waals surface area contributed by atoms with Gasteiger partial charge in [-0.1, -0.05) is 73.5 Å². The van der Waals surface area contributed by atoms with Crippen molar-refractivity contribution in [1.29, 1.82) is 0 Å². The van der Waals surface area contributed by atoms with Crippen LogP contribution in [0, 0.1) is 28.1 Å². The molecule has 4 bridgehead atoms. The van der Waals surface area contributed by atoms with E-state index < -0.39 is 0 Å². The van der Waals surface area contributed by atoms with E-state index in [2.05, 4.69) is 60.7 Å². The van der Waals surface area contributed by atoms with E-state index in [1.165, 1.54) is 89.9 Å². The maximum absolute atomic E-state index is 2.89. The molecular formula is C37H42. The summed E-state index contributed by atoms with van der Waals surface area (Å²) in [6.45, 7) is 0. The standard InChI is InChI=1S/C37H42/c1-3-9-29-27(7-1)31(35-17-11-25(23-35)12-18-35)21-33(29)37(15-5-6-16-37)34-22-32(28-8-2-4-10-30(28)34)36-19-13-26(24-36)14-20-36/h1-4,7-10,21-22,25-26,33-34H,5-6,11-20,23-24H2. The van der Waals surface area contributed by atoms with E-state index in [0.29, 0.717) is 28.1 Å². The Morgan fingerprint density at radius 1 is 0.514 bits per heavy atom. The summed E-state index contributed by atoms with van der Waals surface area (Å²) in [5.74, 6) is 3.17. The fourth-order valence-corrected chi connectivity index (χ4v) is 11.6. The Balaban J connectivity index is 1.21. The molecule has 7 aliphatic carbocycles. The molecule has 2 aromatic rings. The number of hydrogen-bond acceptors (Lipinski definition) is 0. The lowest BCUT2D eigenvalue weighted by Crippen LogP contribution is -2.30. The smallest absolute Gasteiger partial charge is 0.00956 e. The fraction of sp³-hybridized carbons (Fsp3) is 0.568. The molecule has 5 saturated carbocycles. The van der Waals surface area contributed by atoms with Crippen LogP contribution in [-0.4, -0.2) is 0 Å². The lowest BCUT2D eigenvalue weighted by atomic mass is 9.62. The molecule has 5 fully saturated rings. The number of hydrogen-bond donors (Lipinski definition) is 0. The Bertz CT molecular complexity index is 1220. The molecule has 2 unspecified atom stereocenters. The first-order valence-corrected chi connectivity index (χ1v) is 15.8. The predicted molar refractivity (Wildman–Crippen MR) is 153 cm³/mol. The van der Waals surface area contributed by atoms with E-state index in [-0.39, 0.29) is 0 Å². The van der Waals surface area contributed by atoms with Crippen molar-refractivity contribution < 1.29 is 0 Å². The van der Waals surface area contributed by atoms with E-state index in [4.69, 9.17) is 0 Å². The predicted octanol–water partition coefficient (Wildman–Crippen LogP) is 10.1. The van der Waals surface area contributed by atoms with Crippen molar-refractivity contribution in [2.75, 3.05) is 0 Å². The zero-order valence-electron chi connectivity index (χ0n) is 22.5. The monoisotopic (exact) mass is 486 g/mol. The highest BCUT2D eigenvalue weighted by Gasteiger charge is 2.56. The third kappa shape index (κ3) is 2.81. The normalized spacial score (nSPS) is 40.2. The van der Waals surface area contributed by atoms with Crippen molar-refractivity contribution in [2.24, 2.45) is 28.1 Å². The summed E-state index contributed by atoms with van der Waals surface area (Å²) >= 11 is 0. The zero-order chi connectivity index (χ0) is 24.2. The maximum Gasteiger partial charge on any atom is 0.00956 e. The summed E-state index contributed by atoms with van der Waals surface area (Å²) in [6.07, 6.45) is 26.0. The summed E-state index contributed by atoms with van der Waals surface area (Å²) < 4.78 is 0. The highest BCUT2D eigenvalue weighted by molar-refractivity contribution is 5.82. The van der Waals surface area contributed by atoms with Gasteiger partial charge in [0, 0.05) is 11.8 Å².